The Hall–Kier alpha value is -2.66. The lowest BCUT2D eigenvalue weighted by atomic mass is 10.2. The summed E-state index contributed by atoms with van der Waals surface area (Å²) >= 11 is 1.66. The lowest BCUT2D eigenvalue weighted by Crippen LogP contribution is -2.38. The zero-order valence-electron chi connectivity index (χ0n) is 14.3. The van der Waals surface area contributed by atoms with Crippen LogP contribution in [0.1, 0.15) is 17.0 Å². The van der Waals surface area contributed by atoms with E-state index in [0.29, 0.717) is 6.54 Å². The molecular formula is C20H20N2O2S. The Morgan fingerprint density at radius 1 is 1.12 bits per heavy atom. The third kappa shape index (κ3) is 4.06. The van der Waals surface area contributed by atoms with Crippen LogP contribution in [0.15, 0.2) is 48.5 Å². The predicted molar refractivity (Wildman–Crippen MR) is 101 cm³/mol. The Bertz CT molecular complexity index is 911. The average Bonchev–Trinajstić information content (AvgIpc) is 2.96. The number of carboxylic acid groups (broad SMARTS) is 1. The number of hydrogen-bond acceptors (Lipinski definition) is 4. The molecule has 0 spiro atoms. The van der Waals surface area contributed by atoms with Crippen LogP contribution in [-0.2, 0) is 11.3 Å². The van der Waals surface area contributed by atoms with Crippen molar-refractivity contribution in [2.24, 2.45) is 0 Å². The van der Waals surface area contributed by atoms with Crippen LogP contribution in [0.3, 0.4) is 0 Å². The number of para-hydroxylation sites is 1. The van der Waals surface area contributed by atoms with Crippen LogP contribution in [-0.4, -0.2) is 20.1 Å². The van der Waals surface area contributed by atoms with E-state index in [0.717, 1.165) is 26.5 Å². The van der Waals surface area contributed by atoms with E-state index in [1.54, 1.807) is 11.3 Å². The van der Waals surface area contributed by atoms with Gasteiger partial charge in [-0.1, -0.05) is 35.6 Å². The minimum absolute atomic E-state index is 0.00374. The number of aromatic nitrogens is 1. The molecule has 0 aliphatic rings. The lowest BCUT2D eigenvalue weighted by molar-refractivity contribution is -0.668. The molecule has 3 rings (SSSR count). The van der Waals surface area contributed by atoms with Crippen LogP contribution in [0, 0.1) is 0 Å². The van der Waals surface area contributed by atoms with Crippen molar-refractivity contribution in [3.05, 3.63) is 59.1 Å². The normalized spacial score (nSPS) is 11.3. The number of anilines is 1. The van der Waals surface area contributed by atoms with Gasteiger partial charge in [-0.3, -0.25) is 0 Å². The Labute approximate surface area is 151 Å². The third-order valence-corrected chi connectivity index (χ3v) is 5.13. The highest BCUT2D eigenvalue weighted by molar-refractivity contribution is 7.18. The molecule has 0 unspecified atom stereocenters. The van der Waals surface area contributed by atoms with Gasteiger partial charge in [-0.05, 0) is 29.8 Å². The first-order chi connectivity index (χ1) is 12.0. The maximum Gasteiger partial charge on any atom is 0.262 e. The molecule has 0 aliphatic carbocycles. The van der Waals surface area contributed by atoms with Gasteiger partial charge < -0.3 is 14.8 Å². The number of carbonyl (C=O) groups is 1. The van der Waals surface area contributed by atoms with Crippen molar-refractivity contribution in [2.75, 3.05) is 19.0 Å². The Balaban J connectivity index is 1.91. The molecule has 0 N–H and O–H groups in total. The maximum absolute atomic E-state index is 10.9. The highest BCUT2D eigenvalue weighted by Crippen LogP contribution is 2.22. The van der Waals surface area contributed by atoms with Crippen LogP contribution in [0.25, 0.3) is 22.4 Å². The lowest BCUT2D eigenvalue weighted by Gasteiger charge is -2.11. The second-order valence-corrected chi connectivity index (χ2v) is 7.06. The van der Waals surface area contributed by atoms with E-state index in [4.69, 9.17) is 0 Å². The highest BCUT2D eigenvalue weighted by atomic mass is 32.1. The smallest absolute Gasteiger partial charge is 0.262 e. The van der Waals surface area contributed by atoms with Crippen LogP contribution in [0.4, 0.5) is 5.69 Å². The molecule has 0 amide bonds. The van der Waals surface area contributed by atoms with Gasteiger partial charge in [-0.15, -0.1) is 0 Å². The SMILES string of the molecule is CN(C)c1ccc(/C=C/c2sc3ccccc3[n+]2CCC(=O)[O-])cc1. The molecule has 0 radical (unpaired) electrons. The summed E-state index contributed by atoms with van der Waals surface area (Å²) in [5.41, 5.74) is 3.31. The van der Waals surface area contributed by atoms with Gasteiger partial charge in [0.05, 0.1) is 0 Å². The second kappa shape index (κ2) is 7.49. The summed E-state index contributed by atoms with van der Waals surface area (Å²) in [7, 11) is 4.03. The quantitative estimate of drug-likeness (QED) is 0.641. The van der Waals surface area contributed by atoms with Crippen molar-refractivity contribution in [3.63, 3.8) is 0 Å². The summed E-state index contributed by atoms with van der Waals surface area (Å²) in [6, 6.07) is 16.3. The molecule has 25 heavy (non-hydrogen) atoms. The zero-order valence-corrected chi connectivity index (χ0v) is 15.1. The number of fused-ring (bicyclic) bond motifs is 1. The molecule has 0 atom stereocenters. The van der Waals surface area contributed by atoms with Crippen molar-refractivity contribution in [1.29, 1.82) is 0 Å². The van der Waals surface area contributed by atoms with E-state index in [-0.39, 0.29) is 6.42 Å². The van der Waals surface area contributed by atoms with Gasteiger partial charge in [-0.2, -0.15) is 4.57 Å². The van der Waals surface area contributed by atoms with E-state index in [9.17, 15) is 9.90 Å². The van der Waals surface area contributed by atoms with E-state index in [1.165, 1.54) is 0 Å². The number of rotatable bonds is 6. The van der Waals surface area contributed by atoms with E-state index < -0.39 is 5.97 Å². The number of aliphatic carboxylic acids is 1. The van der Waals surface area contributed by atoms with E-state index >= 15 is 0 Å². The summed E-state index contributed by atoms with van der Waals surface area (Å²) in [6.07, 6.45) is 4.11. The van der Waals surface area contributed by atoms with Gasteiger partial charge in [0.1, 0.15) is 4.70 Å². The molecule has 1 heterocycles. The molecule has 128 valence electrons. The van der Waals surface area contributed by atoms with Crippen molar-refractivity contribution in [2.45, 2.75) is 13.0 Å². The van der Waals surface area contributed by atoms with E-state index in [1.807, 2.05) is 42.9 Å². The highest BCUT2D eigenvalue weighted by Gasteiger charge is 2.17. The fourth-order valence-corrected chi connectivity index (χ4v) is 3.75. The fourth-order valence-electron chi connectivity index (χ4n) is 2.66. The minimum Gasteiger partial charge on any atom is -0.550 e. The number of nitrogens with zero attached hydrogens (tertiary/aromatic N) is 2. The van der Waals surface area contributed by atoms with Crippen molar-refractivity contribution >= 4 is 45.4 Å². The minimum atomic E-state index is -1.03. The molecule has 5 heteroatoms. The second-order valence-electron chi connectivity index (χ2n) is 6.00. The Morgan fingerprint density at radius 2 is 1.84 bits per heavy atom. The monoisotopic (exact) mass is 352 g/mol. The topological polar surface area (TPSA) is 47.2 Å². The predicted octanol–water partition coefficient (Wildman–Crippen LogP) is 2.57. The molecule has 4 nitrogen and oxygen atoms in total. The van der Waals surface area contributed by atoms with Gasteiger partial charge in [0, 0.05) is 44.3 Å². The number of benzene rings is 2. The van der Waals surface area contributed by atoms with Gasteiger partial charge in [0.15, 0.2) is 6.54 Å². The number of carboxylic acids is 1. The van der Waals surface area contributed by atoms with Crippen LogP contribution < -0.4 is 14.6 Å². The third-order valence-electron chi connectivity index (χ3n) is 4.00. The van der Waals surface area contributed by atoms with Crippen LogP contribution in [0.5, 0.6) is 0 Å². The summed E-state index contributed by atoms with van der Waals surface area (Å²) in [4.78, 5) is 12.9. The molecule has 0 fully saturated rings. The van der Waals surface area contributed by atoms with Crippen LogP contribution in [0.2, 0.25) is 0 Å². The molecule has 0 bridgehead atoms. The Kier molecular flexibility index (Phi) is 5.14. The largest absolute Gasteiger partial charge is 0.550 e. The molecule has 2 aromatic carbocycles. The number of hydrogen-bond donors (Lipinski definition) is 0. The first kappa shape index (κ1) is 17.2. The summed E-state index contributed by atoms with van der Waals surface area (Å²) in [5.74, 6) is -1.03. The average molecular weight is 352 g/mol. The standard InChI is InChI=1S/C20H20N2O2S/c1-21(2)16-10-7-15(8-11-16)9-12-19-22(14-13-20(23)24)17-5-3-4-6-18(17)25-19/h3-12H,13-14H2,1-2H3. The van der Waals surface area contributed by atoms with Crippen molar-refractivity contribution < 1.29 is 14.5 Å². The number of aryl methyl sites for hydroxylation is 1. The fraction of sp³-hybridized carbons (Fsp3) is 0.200. The van der Waals surface area contributed by atoms with Gasteiger partial charge in [0.2, 0.25) is 5.52 Å². The van der Waals surface area contributed by atoms with Gasteiger partial charge >= 0.3 is 0 Å². The van der Waals surface area contributed by atoms with Crippen LogP contribution >= 0.6 is 11.3 Å². The first-order valence-corrected chi connectivity index (χ1v) is 8.93. The molecule has 0 saturated carbocycles. The molecule has 3 aromatic rings. The van der Waals surface area contributed by atoms with Crippen molar-refractivity contribution in [3.8, 4) is 0 Å². The molecule has 0 saturated heterocycles. The zero-order chi connectivity index (χ0) is 17.8. The first-order valence-electron chi connectivity index (χ1n) is 8.11. The molecule has 0 aliphatic heterocycles. The number of thiazole rings is 1. The van der Waals surface area contributed by atoms with Gasteiger partial charge in [-0.25, -0.2) is 0 Å². The maximum atomic E-state index is 10.9. The Morgan fingerprint density at radius 3 is 2.52 bits per heavy atom. The summed E-state index contributed by atoms with van der Waals surface area (Å²) < 4.78 is 3.18. The summed E-state index contributed by atoms with van der Waals surface area (Å²) in [5, 5.41) is 11.9. The molecular weight excluding hydrogens is 332 g/mol. The van der Waals surface area contributed by atoms with E-state index in [2.05, 4.69) is 41.3 Å². The molecule has 1 aromatic heterocycles. The summed E-state index contributed by atoms with van der Waals surface area (Å²) in [6.45, 7) is 0.408. The van der Waals surface area contributed by atoms with Gasteiger partial charge in [0.25, 0.3) is 5.01 Å². The van der Waals surface area contributed by atoms with Crippen molar-refractivity contribution in [1.82, 2.24) is 0 Å². The number of carbonyl (C=O) groups excluding carboxylic acids is 1.